The topological polar surface area (TPSA) is 105 Å². The number of carbonyl (C=O) groups excluding carboxylic acids is 1. The van der Waals surface area contributed by atoms with Gasteiger partial charge in [-0.05, 0) is 6.07 Å². The number of Topliss-reactive ketones (excluding diaryl/α,β-unsaturated/α-hetero) is 1. The molecule has 5 nitrogen and oxygen atoms in total. The lowest BCUT2D eigenvalue weighted by atomic mass is 10.1. The number of nitrogen functional groups attached to an aromatic ring is 1. The van der Waals surface area contributed by atoms with E-state index in [1.807, 2.05) is 0 Å². The minimum absolute atomic E-state index is 0.281. The van der Waals surface area contributed by atoms with Gasteiger partial charge in [-0.1, -0.05) is 0 Å². The fourth-order valence-electron chi connectivity index (χ4n) is 0.880. The van der Waals surface area contributed by atoms with Gasteiger partial charge < -0.3 is 21.6 Å². The summed E-state index contributed by atoms with van der Waals surface area (Å²) in [4.78, 5) is 13.9. The summed E-state index contributed by atoms with van der Waals surface area (Å²) in [5, 5.41) is 8.60. The number of anilines is 1. The van der Waals surface area contributed by atoms with E-state index in [1.54, 1.807) is 6.20 Å². The van der Waals surface area contributed by atoms with E-state index in [-0.39, 0.29) is 18.2 Å². The second-order valence-corrected chi connectivity index (χ2v) is 2.46. The first kappa shape index (κ1) is 8.76. The van der Waals surface area contributed by atoms with Crippen molar-refractivity contribution >= 4 is 11.6 Å². The second kappa shape index (κ2) is 3.38. The fourth-order valence-corrected chi connectivity index (χ4v) is 0.880. The maximum absolute atomic E-state index is 11.3. The van der Waals surface area contributed by atoms with Gasteiger partial charge in [-0.15, -0.1) is 0 Å². The lowest BCUT2D eigenvalue weighted by molar-refractivity contribution is 0.0926. The molecule has 0 aliphatic carbocycles. The quantitative estimate of drug-likeness (QED) is 0.440. The number of aliphatic hydroxyl groups excluding tert-OH is 1. The average Bonchev–Trinajstić information content (AvgIpc) is 2.48. The molecule has 66 valence electrons. The van der Waals surface area contributed by atoms with Gasteiger partial charge in [-0.3, -0.25) is 4.79 Å². The Morgan fingerprint density at radius 3 is 2.83 bits per heavy atom. The molecule has 0 saturated carbocycles. The highest BCUT2D eigenvalue weighted by Gasteiger charge is 2.17. The summed E-state index contributed by atoms with van der Waals surface area (Å²) in [6.45, 7) is -0.372. The minimum Gasteiger partial charge on any atom is -0.394 e. The highest BCUT2D eigenvalue weighted by molar-refractivity contribution is 6.03. The number of carbonyl (C=O) groups is 1. The van der Waals surface area contributed by atoms with E-state index in [0.29, 0.717) is 5.56 Å². The number of nitrogens with two attached hydrogens (primary N) is 2. The van der Waals surface area contributed by atoms with Crippen molar-refractivity contribution in [3.8, 4) is 0 Å². The molecule has 1 rings (SSSR count). The van der Waals surface area contributed by atoms with Crippen molar-refractivity contribution in [2.45, 2.75) is 6.04 Å². The number of ketones is 1. The third-order valence-corrected chi connectivity index (χ3v) is 1.58. The van der Waals surface area contributed by atoms with Crippen LogP contribution in [0.4, 0.5) is 5.82 Å². The largest absolute Gasteiger partial charge is 0.394 e. The van der Waals surface area contributed by atoms with E-state index >= 15 is 0 Å². The maximum atomic E-state index is 11.3. The molecule has 12 heavy (non-hydrogen) atoms. The zero-order valence-electron chi connectivity index (χ0n) is 6.45. The Morgan fingerprint density at radius 2 is 2.42 bits per heavy atom. The van der Waals surface area contributed by atoms with Crippen LogP contribution in [0.5, 0.6) is 0 Å². The summed E-state index contributed by atoms with van der Waals surface area (Å²) in [5.41, 5.74) is 11.1. The predicted molar refractivity (Wildman–Crippen MR) is 44.6 cm³/mol. The average molecular weight is 169 g/mol. The van der Waals surface area contributed by atoms with Gasteiger partial charge in [-0.25, -0.2) is 0 Å². The number of aliphatic hydroxyl groups is 1. The summed E-state index contributed by atoms with van der Waals surface area (Å²) < 4.78 is 0. The Morgan fingerprint density at radius 1 is 1.75 bits per heavy atom. The van der Waals surface area contributed by atoms with Crippen molar-refractivity contribution in [1.29, 1.82) is 0 Å². The molecule has 0 aliphatic rings. The van der Waals surface area contributed by atoms with Crippen LogP contribution in [0, 0.1) is 0 Å². The van der Waals surface area contributed by atoms with Crippen LogP contribution in [0.2, 0.25) is 0 Å². The number of hydrogen-bond donors (Lipinski definition) is 4. The Bertz CT molecular complexity index is 282. The van der Waals surface area contributed by atoms with Crippen LogP contribution in [0.1, 0.15) is 10.4 Å². The normalized spacial score (nSPS) is 12.8. The zero-order valence-corrected chi connectivity index (χ0v) is 6.45. The molecule has 0 saturated heterocycles. The predicted octanol–water partition coefficient (Wildman–Crippen LogP) is -0.901. The Labute approximate surface area is 69.4 Å². The molecular weight excluding hydrogens is 158 g/mol. The first-order valence-electron chi connectivity index (χ1n) is 3.50. The molecular formula is C7H11N3O2. The van der Waals surface area contributed by atoms with Gasteiger partial charge in [0.05, 0.1) is 18.2 Å². The van der Waals surface area contributed by atoms with Crippen LogP contribution in [-0.2, 0) is 0 Å². The van der Waals surface area contributed by atoms with Crippen molar-refractivity contribution in [2.24, 2.45) is 5.73 Å². The molecule has 0 aromatic carbocycles. The van der Waals surface area contributed by atoms with Gasteiger partial charge in [0.25, 0.3) is 0 Å². The van der Waals surface area contributed by atoms with Gasteiger partial charge in [0.1, 0.15) is 5.82 Å². The van der Waals surface area contributed by atoms with Crippen molar-refractivity contribution in [2.75, 3.05) is 12.3 Å². The highest BCUT2D eigenvalue weighted by Crippen LogP contribution is 2.10. The standard InChI is InChI=1S/C7H11N3O2/c8-5(3-11)6(12)4-1-2-10-7(4)9/h1-2,5,10-11H,3,8-9H2. The summed E-state index contributed by atoms with van der Waals surface area (Å²) in [6, 6.07) is 0.649. The fraction of sp³-hybridized carbons (Fsp3) is 0.286. The first-order chi connectivity index (χ1) is 5.66. The first-order valence-corrected chi connectivity index (χ1v) is 3.50. The van der Waals surface area contributed by atoms with Gasteiger partial charge in [0, 0.05) is 6.20 Å². The highest BCUT2D eigenvalue weighted by atomic mass is 16.3. The number of hydrogen-bond acceptors (Lipinski definition) is 4. The van der Waals surface area contributed by atoms with E-state index in [1.165, 1.54) is 6.07 Å². The van der Waals surface area contributed by atoms with Crippen LogP contribution in [-0.4, -0.2) is 28.5 Å². The zero-order chi connectivity index (χ0) is 9.14. The monoisotopic (exact) mass is 169 g/mol. The Kier molecular flexibility index (Phi) is 2.47. The Hall–Kier alpha value is -1.33. The molecule has 0 amide bonds. The van der Waals surface area contributed by atoms with E-state index in [0.717, 1.165) is 0 Å². The Balaban J connectivity index is 2.85. The molecule has 0 aliphatic heterocycles. The third-order valence-electron chi connectivity index (χ3n) is 1.58. The van der Waals surface area contributed by atoms with Crippen molar-refractivity contribution < 1.29 is 9.90 Å². The third kappa shape index (κ3) is 1.46. The molecule has 1 aromatic heterocycles. The van der Waals surface area contributed by atoms with Gasteiger partial charge >= 0.3 is 0 Å². The SMILES string of the molecule is Nc1[nH]ccc1C(=O)C(N)CO. The summed E-state index contributed by atoms with van der Waals surface area (Å²) in [5.74, 6) is -0.0693. The smallest absolute Gasteiger partial charge is 0.185 e. The summed E-state index contributed by atoms with van der Waals surface area (Å²) in [6.07, 6.45) is 1.55. The molecule has 5 heteroatoms. The molecule has 1 atom stereocenters. The number of nitrogens with one attached hydrogen (secondary N) is 1. The van der Waals surface area contributed by atoms with E-state index in [2.05, 4.69) is 4.98 Å². The number of aromatic amines is 1. The van der Waals surface area contributed by atoms with Crippen LogP contribution in [0.25, 0.3) is 0 Å². The molecule has 1 aromatic rings. The van der Waals surface area contributed by atoms with Crippen molar-refractivity contribution in [1.82, 2.24) is 4.98 Å². The lowest BCUT2D eigenvalue weighted by Gasteiger charge is -2.05. The van der Waals surface area contributed by atoms with Crippen LogP contribution in [0.15, 0.2) is 12.3 Å². The lowest BCUT2D eigenvalue weighted by Crippen LogP contribution is -2.34. The molecule has 0 radical (unpaired) electrons. The van der Waals surface area contributed by atoms with Crippen molar-refractivity contribution in [3.63, 3.8) is 0 Å². The van der Waals surface area contributed by atoms with E-state index in [9.17, 15) is 4.79 Å². The second-order valence-electron chi connectivity index (χ2n) is 2.46. The molecule has 0 spiro atoms. The molecule has 0 bridgehead atoms. The molecule has 0 fully saturated rings. The maximum Gasteiger partial charge on any atom is 0.185 e. The van der Waals surface area contributed by atoms with Crippen LogP contribution in [0.3, 0.4) is 0 Å². The van der Waals surface area contributed by atoms with Crippen molar-refractivity contribution in [3.05, 3.63) is 17.8 Å². The van der Waals surface area contributed by atoms with Gasteiger partial charge in [-0.2, -0.15) is 0 Å². The van der Waals surface area contributed by atoms with E-state index < -0.39 is 6.04 Å². The van der Waals surface area contributed by atoms with Gasteiger partial charge in [0.2, 0.25) is 0 Å². The molecule has 1 heterocycles. The number of rotatable bonds is 3. The van der Waals surface area contributed by atoms with E-state index in [4.69, 9.17) is 16.6 Å². The molecule has 1 unspecified atom stereocenters. The number of H-pyrrole nitrogens is 1. The van der Waals surface area contributed by atoms with Crippen LogP contribution >= 0.6 is 0 Å². The van der Waals surface area contributed by atoms with Crippen LogP contribution < -0.4 is 11.5 Å². The number of aromatic nitrogens is 1. The minimum atomic E-state index is -0.886. The summed E-state index contributed by atoms with van der Waals surface area (Å²) >= 11 is 0. The molecule has 6 N–H and O–H groups in total. The summed E-state index contributed by atoms with van der Waals surface area (Å²) in [7, 11) is 0. The van der Waals surface area contributed by atoms with Gasteiger partial charge in [0.15, 0.2) is 5.78 Å².